The molecule has 31 heavy (non-hydrogen) atoms. The first-order valence-corrected chi connectivity index (χ1v) is 10.6. The monoisotopic (exact) mass is 422 g/mol. The molecule has 5 rings (SSSR count). The third-order valence-corrected chi connectivity index (χ3v) is 5.74. The molecule has 1 saturated heterocycles. The molecule has 0 aromatic carbocycles. The lowest BCUT2D eigenvalue weighted by Crippen LogP contribution is -2.21. The van der Waals surface area contributed by atoms with Crippen LogP contribution in [0.4, 0.5) is 0 Å². The van der Waals surface area contributed by atoms with Crippen molar-refractivity contribution in [1.82, 2.24) is 39.5 Å². The van der Waals surface area contributed by atoms with Gasteiger partial charge in [-0.1, -0.05) is 13.8 Å². The van der Waals surface area contributed by atoms with Crippen LogP contribution in [-0.2, 0) is 11.3 Å². The molecule has 1 aliphatic heterocycles. The molecule has 2 atom stereocenters. The molecule has 0 radical (unpaired) electrons. The van der Waals surface area contributed by atoms with Gasteiger partial charge in [-0.05, 0) is 18.9 Å². The van der Waals surface area contributed by atoms with Gasteiger partial charge >= 0.3 is 0 Å². The fraction of sp³-hybridized carbons (Fsp3) is 0.429. The summed E-state index contributed by atoms with van der Waals surface area (Å²) in [5.74, 6) is 0. The number of hydrogen-bond acceptors (Lipinski definition) is 7. The van der Waals surface area contributed by atoms with Crippen LogP contribution in [0.3, 0.4) is 0 Å². The van der Waals surface area contributed by atoms with E-state index in [-0.39, 0.29) is 6.10 Å². The predicted molar refractivity (Wildman–Crippen MR) is 114 cm³/mol. The van der Waals surface area contributed by atoms with E-state index in [0.29, 0.717) is 19.1 Å². The van der Waals surface area contributed by atoms with E-state index in [4.69, 9.17) is 9.72 Å². The Labute approximate surface area is 179 Å². The average Bonchev–Trinajstić information content (AvgIpc) is 3.56. The van der Waals surface area contributed by atoms with E-state index in [1.54, 1.807) is 17.1 Å². The van der Waals surface area contributed by atoms with E-state index in [1.165, 1.54) is 0 Å². The summed E-state index contributed by atoms with van der Waals surface area (Å²) in [5, 5.41) is 25.8. The van der Waals surface area contributed by atoms with Crippen LogP contribution in [-0.4, -0.2) is 58.3 Å². The molecule has 0 aliphatic carbocycles. The van der Waals surface area contributed by atoms with Crippen LogP contribution in [0.25, 0.3) is 28.0 Å². The molecule has 10 heteroatoms. The first kappa shape index (κ1) is 19.9. The first-order chi connectivity index (χ1) is 15.1. The van der Waals surface area contributed by atoms with Gasteiger partial charge in [0.2, 0.25) is 6.41 Å². The first-order valence-electron chi connectivity index (χ1n) is 10.6. The quantitative estimate of drug-likeness (QED) is 0.469. The standard InChI is InChI=1S/C21H26N8O2/c1-3-16(4-2)28-11-15(8-25-28)20-19-5-6-23-29(19)13-18(26-20)14-7-24-27(10-14)12-17-9-22-21(30)31-17/h5-8,10-11,13,16-17,21-22,30H,3-4,9,12H2,1-2H3. The number of rotatable bonds is 7. The predicted octanol–water partition coefficient (Wildman–Crippen LogP) is 2.08. The molecule has 4 aromatic heterocycles. The minimum Gasteiger partial charge on any atom is -0.356 e. The van der Waals surface area contributed by atoms with Crippen LogP contribution in [0.15, 0.2) is 43.2 Å². The van der Waals surface area contributed by atoms with Crippen LogP contribution >= 0.6 is 0 Å². The highest BCUT2D eigenvalue weighted by molar-refractivity contribution is 5.78. The fourth-order valence-corrected chi connectivity index (χ4v) is 4.02. The maximum Gasteiger partial charge on any atom is 0.213 e. The van der Waals surface area contributed by atoms with Gasteiger partial charge in [0.1, 0.15) is 0 Å². The summed E-state index contributed by atoms with van der Waals surface area (Å²) in [7, 11) is 0. The molecule has 0 amide bonds. The van der Waals surface area contributed by atoms with Gasteiger partial charge in [0, 0.05) is 30.1 Å². The van der Waals surface area contributed by atoms with Crippen molar-refractivity contribution in [2.75, 3.05) is 6.54 Å². The Morgan fingerprint density at radius 2 is 1.97 bits per heavy atom. The van der Waals surface area contributed by atoms with Gasteiger partial charge in [0.25, 0.3) is 0 Å². The normalized spacial score (nSPS) is 19.1. The second-order valence-corrected chi connectivity index (χ2v) is 7.78. The molecule has 0 bridgehead atoms. The molecule has 162 valence electrons. The highest BCUT2D eigenvalue weighted by atomic mass is 16.6. The molecule has 4 aromatic rings. The molecule has 0 spiro atoms. The number of ether oxygens (including phenoxy) is 1. The number of aliphatic hydroxyl groups excluding tert-OH is 1. The van der Waals surface area contributed by atoms with Crippen LogP contribution in [0.1, 0.15) is 32.7 Å². The number of hydrogen-bond donors (Lipinski definition) is 2. The lowest BCUT2D eigenvalue weighted by Gasteiger charge is -2.12. The lowest BCUT2D eigenvalue weighted by molar-refractivity contribution is -0.103. The summed E-state index contributed by atoms with van der Waals surface area (Å²) < 4.78 is 11.1. The third kappa shape index (κ3) is 3.85. The second kappa shape index (κ2) is 8.22. The summed E-state index contributed by atoms with van der Waals surface area (Å²) in [6.45, 7) is 5.48. The Morgan fingerprint density at radius 1 is 1.13 bits per heavy atom. The topological polar surface area (TPSA) is 107 Å². The smallest absolute Gasteiger partial charge is 0.213 e. The average molecular weight is 422 g/mol. The zero-order valence-corrected chi connectivity index (χ0v) is 17.6. The molecule has 0 saturated carbocycles. The van der Waals surface area contributed by atoms with Crippen molar-refractivity contribution in [3.05, 3.63) is 43.2 Å². The van der Waals surface area contributed by atoms with Gasteiger partial charge in [-0.3, -0.25) is 14.7 Å². The molecule has 10 nitrogen and oxygen atoms in total. The van der Waals surface area contributed by atoms with Crippen molar-refractivity contribution in [2.45, 2.75) is 51.8 Å². The zero-order valence-electron chi connectivity index (χ0n) is 17.6. The lowest BCUT2D eigenvalue weighted by atomic mass is 10.1. The van der Waals surface area contributed by atoms with Gasteiger partial charge < -0.3 is 9.84 Å². The van der Waals surface area contributed by atoms with Crippen molar-refractivity contribution < 1.29 is 9.84 Å². The molecular weight excluding hydrogens is 396 g/mol. The van der Waals surface area contributed by atoms with Gasteiger partial charge in [-0.25, -0.2) is 9.50 Å². The molecular formula is C21H26N8O2. The Morgan fingerprint density at radius 3 is 2.74 bits per heavy atom. The Hall–Kier alpha value is -3.08. The largest absolute Gasteiger partial charge is 0.356 e. The summed E-state index contributed by atoms with van der Waals surface area (Å²) in [4.78, 5) is 4.94. The Bertz CT molecular complexity index is 1180. The van der Waals surface area contributed by atoms with Gasteiger partial charge in [0.05, 0.1) is 60.4 Å². The number of aliphatic hydroxyl groups is 1. The molecule has 1 aliphatic rings. The summed E-state index contributed by atoms with van der Waals surface area (Å²) in [6.07, 6.45) is 12.4. The van der Waals surface area contributed by atoms with E-state index in [9.17, 15) is 5.11 Å². The minimum atomic E-state index is -0.910. The summed E-state index contributed by atoms with van der Waals surface area (Å²) in [6, 6.07) is 2.33. The fourth-order valence-electron chi connectivity index (χ4n) is 4.02. The number of aromatic nitrogens is 7. The van der Waals surface area contributed by atoms with Gasteiger partial charge in [-0.2, -0.15) is 15.3 Å². The second-order valence-electron chi connectivity index (χ2n) is 7.78. The van der Waals surface area contributed by atoms with E-state index in [1.807, 2.05) is 33.9 Å². The molecule has 2 unspecified atom stereocenters. The van der Waals surface area contributed by atoms with E-state index in [2.05, 4.69) is 40.7 Å². The van der Waals surface area contributed by atoms with Gasteiger partial charge in [0.15, 0.2) is 0 Å². The van der Waals surface area contributed by atoms with Crippen molar-refractivity contribution in [1.29, 1.82) is 0 Å². The molecule has 1 fully saturated rings. The zero-order chi connectivity index (χ0) is 21.4. The van der Waals surface area contributed by atoms with Crippen LogP contribution in [0.5, 0.6) is 0 Å². The number of fused-ring (bicyclic) bond motifs is 1. The maximum absolute atomic E-state index is 9.46. The highest BCUT2D eigenvalue weighted by Crippen LogP contribution is 2.28. The van der Waals surface area contributed by atoms with Crippen molar-refractivity contribution in [3.63, 3.8) is 0 Å². The van der Waals surface area contributed by atoms with Crippen molar-refractivity contribution in [2.24, 2.45) is 0 Å². The van der Waals surface area contributed by atoms with Crippen LogP contribution in [0.2, 0.25) is 0 Å². The maximum atomic E-state index is 9.46. The minimum absolute atomic E-state index is 0.129. The number of nitrogens with zero attached hydrogens (tertiary/aromatic N) is 7. The van der Waals surface area contributed by atoms with Crippen molar-refractivity contribution >= 4 is 5.52 Å². The summed E-state index contributed by atoms with van der Waals surface area (Å²) >= 11 is 0. The summed E-state index contributed by atoms with van der Waals surface area (Å²) in [5.41, 5.74) is 4.40. The van der Waals surface area contributed by atoms with Crippen molar-refractivity contribution in [3.8, 4) is 22.5 Å². The highest BCUT2D eigenvalue weighted by Gasteiger charge is 2.23. The Kier molecular flexibility index (Phi) is 5.26. The van der Waals surface area contributed by atoms with Crippen LogP contribution < -0.4 is 5.32 Å². The van der Waals surface area contributed by atoms with Gasteiger partial charge in [-0.15, -0.1) is 0 Å². The molecule has 2 N–H and O–H groups in total. The van der Waals surface area contributed by atoms with E-state index < -0.39 is 6.41 Å². The number of nitrogens with one attached hydrogen (secondary N) is 1. The molecule has 5 heterocycles. The van der Waals surface area contributed by atoms with E-state index in [0.717, 1.165) is 40.9 Å². The third-order valence-electron chi connectivity index (χ3n) is 5.74. The SMILES string of the molecule is CCC(CC)n1cc(-c2nc(-c3cnn(CC4CNC(O)O4)c3)cn3nccc23)cn1. The van der Waals surface area contributed by atoms with E-state index >= 15 is 0 Å². The van der Waals surface area contributed by atoms with Crippen LogP contribution in [0, 0.1) is 0 Å². The Balaban J connectivity index is 1.47.